The van der Waals surface area contributed by atoms with Gasteiger partial charge in [0.25, 0.3) is 0 Å². The predicted octanol–water partition coefficient (Wildman–Crippen LogP) is 4.29. The normalized spacial score (nSPS) is 20.3. The number of rotatable bonds is 8. The van der Waals surface area contributed by atoms with Gasteiger partial charge in [0.2, 0.25) is 0 Å². The van der Waals surface area contributed by atoms with E-state index in [1.807, 2.05) is 29.9 Å². The van der Waals surface area contributed by atoms with Gasteiger partial charge in [-0.15, -0.1) is 0 Å². The molecule has 0 aliphatic carbocycles. The van der Waals surface area contributed by atoms with Gasteiger partial charge in [-0.25, -0.2) is 14.6 Å². The van der Waals surface area contributed by atoms with E-state index in [1.54, 1.807) is 6.07 Å². The summed E-state index contributed by atoms with van der Waals surface area (Å²) in [7, 11) is 0. The van der Waals surface area contributed by atoms with E-state index in [9.17, 15) is 0 Å². The van der Waals surface area contributed by atoms with Crippen molar-refractivity contribution in [1.29, 1.82) is 0 Å². The fourth-order valence-corrected chi connectivity index (χ4v) is 6.18. The van der Waals surface area contributed by atoms with Crippen molar-refractivity contribution in [2.45, 2.75) is 51.9 Å². The van der Waals surface area contributed by atoms with Crippen molar-refractivity contribution in [1.82, 2.24) is 24.6 Å². The molecule has 0 bridgehead atoms. The van der Waals surface area contributed by atoms with Crippen molar-refractivity contribution < 1.29 is 10.2 Å². The van der Waals surface area contributed by atoms with Crippen molar-refractivity contribution in [3.63, 3.8) is 0 Å². The first-order chi connectivity index (χ1) is 17.3. The Kier molecular flexibility index (Phi) is 7.70. The van der Waals surface area contributed by atoms with Crippen LogP contribution in [0.2, 0.25) is 10.0 Å². The Hall–Kier alpha value is -1.97. The zero-order valence-corrected chi connectivity index (χ0v) is 22.3. The molecule has 0 amide bonds. The first kappa shape index (κ1) is 25.7. The van der Waals surface area contributed by atoms with Gasteiger partial charge in [0.15, 0.2) is 11.9 Å². The van der Waals surface area contributed by atoms with Gasteiger partial charge in [0.05, 0.1) is 17.9 Å². The van der Waals surface area contributed by atoms with Crippen LogP contribution in [0.25, 0.3) is 11.2 Å². The van der Waals surface area contributed by atoms with E-state index in [4.69, 9.17) is 48.5 Å². The molecule has 2 aromatic heterocycles. The number of nitrogens with zero attached hydrogens (tertiary/aromatic N) is 6. The molecule has 2 N–H and O–H groups in total. The van der Waals surface area contributed by atoms with Crippen molar-refractivity contribution in [2.75, 3.05) is 37.6 Å². The molecule has 2 aliphatic rings. The number of hydrogen-bond donors (Lipinski definition) is 2. The lowest BCUT2D eigenvalue weighted by molar-refractivity contribution is -0.0481. The van der Waals surface area contributed by atoms with E-state index in [2.05, 4.69) is 16.7 Å². The molecule has 2 saturated heterocycles. The van der Waals surface area contributed by atoms with Gasteiger partial charge in [-0.05, 0) is 82.2 Å². The molecule has 194 valence electrons. The number of aliphatic hydroxyl groups is 2. The number of anilines is 1. The highest BCUT2D eigenvalue weighted by atomic mass is 35.5. The smallest absolute Gasteiger partial charge is 0.179 e. The van der Waals surface area contributed by atoms with Crippen LogP contribution in [0.15, 0.2) is 24.4 Å². The van der Waals surface area contributed by atoms with Crippen LogP contribution in [-0.4, -0.2) is 73.9 Å². The van der Waals surface area contributed by atoms with E-state index < -0.39 is 6.29 Å². The largest absolute Gasteiger partial charge is 0.368 e. The Labute approximate surface area is 221 Å². The second kappa shape index (κ2) is 10.8. The summed E-state index contributed by atoms with van der Waals surface area (Å²) in [5.74, 6) is 2.21. The van der Waals surface area contributed by atoms with Crippen LogP contribution < -0.4 is 4.90 Å². The van der Waals surface area contributed by atoms with Gasteiger partial charge in [-0.3, -0.25) is 0 Å². The lowest BCUT2D eigenvalue weighted by Crippen LogP contribution is -2.54. The summed E-state index contributed by atoms with van der Waals surface area (Å²) in [6.45, 7) is 9.13. The number of halogens is 2. The zero-order chi connectivity index (χ0) is 25.4. The standard InChI is InChI=1S/C26H34Cl2N6O2/c1-16-25-26(34(31-16)17(2)21-8-7-20(27)11-22(21)28)30-23(12-29-25)33-14-19(15-33)18-5-3-9-32(13-18)10-4-6-24(35)36/h7-8,11-12,17-19,24,35-36H,3-6,9-10,13-15H2,1-2H3/t17-,18-/m1/s1. The number of likely N-dealkylation sites (tertiary alicyclic amines) is 1. The van der Waals surface area contributed by atoms with E-state index in [-0.39, 0.29) is 6.04 Å². The highest BCUT2D eigenvalue weighted by molar-refractivity contribution is 6.35. The molecule has 2 atom stereocenters. The molecular weight excluding hydrogens is 499 g/mol. The summed E-state index contributed by atoms with van der Waals surface area (Å²) in [6.07, 6.45) is 4.40. The lowest BCUT2D eigenvalue weighted by atomic mass is 9.80. The highest BCUT2D eigenvalue weighted by Gasteiger charge is 2.36. The maximum atomic E-state index is 9.11. The van der Waals surface area contributed by atoms with Crippen molar-refractivity contribution in [2.24, 2.45) is 11.8 Å². The third-order valence-corrected chi connectivity index (χ3v) is 8.28. The van der Waals surface area contributed by atoms with Crippen molar-refractivity contribution >= 4 is 40.2 Å². The summed E-state index contributed by atoms with van der Waals surface area (Å²) < 4.78 is 1.91. The molecule has 3 aromatic rings. The van der Waals surface area contributed by atoms with Crippen molar-refractivity contribution in [3.8, 4) is 0 Å². The fourth-order valence-electron chi connectivity index (χ4n) is 5.61. The van der Waals surface area contributed by atoms with Gasteiger partial charge < -0.3 is 20.0 Å². The summed E-state index contributed by atoms with van der Waals surface area (Å²) >= 11 is 12.6. The molecule has 36 heavy (non-hydrogen) atoms. The Morgan fingerprint density at radius 2 is 1.94 bits per heavy atom. The molecule has 0 unspecified atom stereocenters. The number of aliphatic hydroxyl groups excluding tert-OH is 1. The van der Waals surface area contributed by atoms with Gasteiger partial charge in [-0.1, -0.05) is 29.3 Å². The number of hydrogen-bond acceptors (Lipinski definition) is 7. The maximum Gasteiger partial charge on any atom is 0.179 e. The minimum atomic E-state index is -1.20. The minimum absolute atomic E-state index is 0.111. The molecular formula is C26H34Cl2N6O2. The van der Waals surface area contributed by atoms with E-state index >= 15 is 0 Å². The SMILES string of the molecule is Cc1nn([C@H](C)c2ccc(Cl)cc2Cl)c2nc(N3CC([C@@H]4CCCN(CCCC(O)O)C4)C3)cnc12. The minimum Gasteiger partial charge on any atom is -0.368 e. The number of aromatic nitrogens is 4. The first-order valence-electron chi connectivity index (χ1n) is 12.8. The van der Waals surface area contributed by atoms with Crippen LogP contribution in [0.5, 0.6) is 0 Å². The lowest BCUT2D eigenvalue weighted by Gasteiger charge is -2.47. The molecule has 5 rings (SSSR count). The number of piperidine rings is 1. The van der Waals surface area contributed by atoms with Gasteiger partial charge >= 0.3 is 0 Å². The van der Waals surface area contributed by atoms with Crippen molar-refractivity contribution in [3.05, 3.63) is 45.7 Å². The molecule has 8 nitrogen and oxygen atoms in total. The molecule has 4 heterocycles. The molecule has 2 fully saturated rings. The quantitative estimate of drug-likeness (QED) is 0.418. The van der Waals surface area contributed by atoms with Crippen LogP contribution in [0.3, 0.4) is 0 Å². The third kappa shape index (κ3) is 5.34. The van der Waals surface area contributed by atoms with Gasteiger partial charge in [-0.2, -0.15) is 5.10 Å². The van der Waals surface area contributed by atoms with Crippen LogP contribution in [0, 0.1) is 18.8 Å². The zero-order valence-electron chi connectivity index (χ0n) is 20.8. The van der Waals surface area contributed by atoms with E-state index in [1.165, 1.54) is 12.8 Å². The van der Waals surface area contributed by atoms with E-state index in [0.717, 1.165) is 67.4 Å². The van der Waals surface area contributed by atoms with Gasteiger partial charge in [0.1, 0.15) is 11.3 Å². The predicted molar refractivity (Wildman–Crippen MR) is 143 cm³/mol. The number of aryl methyl sites for hydroxylation is 1. The highest BCUT2D eigenvalue weighted by Crippen LogP contribution is 2.35. The summed E-state index contributed by atoms with van der Waals surface area (Å²) in [4.78, 5) is 14.5. The molecule has 0 saturated carbocycles. The second-order valence-corrected chi connectivity index (χ2v) is 11.1. The number of fused-ring (bicyclic) bond motifs is 1. The Morgan fingerprint density at radius 1 is 1.14 bits per heavy atom. The summed E-state index contributed by atoms with van der Waals surface area (Å²) in [5.41, 5.74) is 3.36. The van der Waals surface area contributed by atoms with Crippen LogP contribution in [0.1, 0.15) is 49.9 Å². The Morgan fingerprint density at radius 3 is 2.69 bits per heavy atom. The molecule has 2 aliphatic heterocycles. The summed E-state index contributed by atoms with van der Waals surface area (Å²) in [5, 5.41) is 24.2. The molecule has 0 spiro atoms. The Bertz CT molecular complexity index is 1210. The molecule has 0 radical (unpaired) electrons. The third-order valence-electron chi connectivity index (χ3n) is 7.72. The maximum absolute atomic E-state index is 9.11. The number of benzene rings is 1. The topological polar surface area (TPSA) is 90.5 Å². The fraction of sp³-hybridized carbons (Fsp3) is 0.577. The van der Waals surface area contributed by atoms with E-state index in [0.29, 0.717) is 28.3 Å². The van der Waals surface area contributed by atoms with Crippen LogP contribution in [0.4, 0.5) is 5.82 Å². The van der Waals surface area contributed by atoms with Gasteiger partial charge in [0, 0.05) is 29.7 Å². The average molecular weight is 534 g/mol. The second-order valence-electron chi connectivity index (χ2n) is 10.3. The monoisotopic (exact) mass is 532 g/mol. The van der Waals surface area contributed by atoms with Crippen LogP contribution >= 0.6 is 23.2 Å². The molecule has 1 aromatic carbocycles. The summed E-state index contributed by atoms with van der Waals surface area (Å²) in [6, 6.07) is 5.43. The Balaban J connectivity index is 1.27. The average Bonchev–Trinajstić information content (AvgIpc) is 3.14. The van der Waals surface area contributed by atoms with Crippen LogP contribution in [-0.2, 0) is 0 Å². The first-order valence-corrected chi connectivity index (χ1v) is 13.6. The molecule has 10 heteroatoms.